The molecule has 0 fully saturated rings. The van der Waals surface area contributed by atoms with Crippen LogP contribution in [-0.4, -0.2) is 45.1 Å². The number of hydrogen-bond donors (Lipinski definition) is 2. The fraction of sp³-hybridized carbons (Fsp3) is 0.182. The molecule has 2 aromatic heterocycles. The number of fused-ring (bicyclic) bond motifs is 1. The van der Waals surface area contributed by atoms with E-state index in [2.05, 4.69) is 25.5 Å². The summed E-state index contributed by atoms with van der Waals surface area (Å²) < 4.78 is 5.24. The normalized spacial score (nSPS) is 13.6. The number of nitrogens with one attached hydrogen (secondary N) is 2. The number of H-pyrrole nitrogens is 1. The van der Waals surface area contributed by atoms with Crippen molar-refractivity contribution in [3.05, 3.63) is 24.7 Å². The zero-order valence-electron chi connectivity index (χ0n) is 10.2. The van der Waals surface area contributed by atoms with Crippen molar-refractivity contribution in [2.75, 3.05) is 23.4 Å². The van der Waals surface area contributed by atoms with E-state index in [1.54, 1.807) is 12.1 Å². The molecule has 2 amide bonds. The molecule has 0 spiro atoms. The highest BCUT2D eigenvalue weighted by molar-refractivity contribution is 6.03. The van der Waals surface area contributed by atoms with Gasteiger partial charge in [-0.3, -0.25) is 19.8 Å². The topological polar surface area (TPSA) is 113 Å². The lowest BCUT2D eigenvalue weighted by Crippen LogP contribution is -2.44. The summed E-state index contributed by atoms with van der Waals surface area (Å²) in [5.74, 6) is 0.283. The molecule has 9 nitrogen and oxygen atoms in total. The number of hydrogen-bond acceptors (Lipinski definition) is 6. The van der Waals surface area contributed by atoms with Crippen LogP contribution in [0, 0.1) is 0 Å². The van der Waals surface area contributed by atoms with Crippen LogP contribution in [0.4, 0.5) is 11.8 Å². The molecule has 0 bridgehead atoms. The Kier molecular flexibility index (Phi) is 2.99. The predicted molar refractivity (Wildman–Crippen MR) is 67.1 cm³/mol. The summed E-state index contributed by atoms with van der Waals surface area (Å²) in [7, 11) is 0. The molecule has 1 aliphatic rings. The number of pyridine rings is 1. The zero-order valence-corrected chi connectivity index (χ0v) is 10.2. The van der Waals surface area contributed by atoms with Crippen molar-refractivity contribution in [3.8, 4) is 5.75 Å². The lowest BCUT2D eigenvalue weighted by molar-refractivity contribution is -0.123. The summed E-state index contributed by atoms with van der Waals surface area (Å²) in [6.45, 7) is -0.290. The molecule has 3 rings (SSSR count). The summed E-state index contributed by atoms with van der Waals surface area (Å²) in [4.78, 5) is 32.8. The zero-order chi connectivity index (χ0) is 13.9. The highest BCUT2D eigenvalue weighted by atomic mass is 16.5. The van der Waals surface area contributed by atoms with Crippen LogP contribution < -0.4 is 15.0 Å². The van der Waals surface area contributed by atoms with Crippen LogP contribution in [0.5, 0.6) is 5.75 Å². The summed E-state index contributed by atoms with van der Waals surface area (Å²) in [5.41, 5.74) is 0. The maximum atomic E-state index is 11.9. The van der Waals surface area contributed by atoms with Gasteiger partial charge in [-0.15, -0.1) is 0 Å². The first-order valence-electron chi connectivity index (χ1n) is 5.77. The average molecular weight is 274 g/mol. The molecular formula is C11H10N6O3. The molecule has 3 heterocycles. The Morgan fingerprint density at radius 2 is 2.40 bits per heavy atom. The van der Waals surface area contributed by atoms with Gasteiger partial charge < -0.3 is 4.74 Å². The van der Waals surface area contributed by atoms with Crippen molar-refractivity contribution in [1.29, 1.82) is 0 Å². The molecule has 9 heteroatoms. The molecule has 20 heavy (non-hydrogen) atoms. The highest BCUT2D eigenvalue weighted by Crippen LogP contribution is 2.28. The molecule has 2 aromatic rings. The molecule has 0 saturated carbocycles. The standard InChI is InChI=1S/C11H10N6O3/c18-8(15-11-13-6-14-16-11)4-17-9(19)5-20-7-2-1-3-12-10(7)17/h1-3,6H,4-5H2,(H2,13,14,15,16,18). The van der Waals surface area contributed by atoms with Crippen molar-refractivity contribution in [2.45, 2.75) is 0 Å². The van der Waals surface area contributed by atoms with Crippen LogP contribution in [0.2, 0.25) is 0 Å². The molecule has 0 radical (unpaired) electrons. The quantitative estimate of drug-likeness (QED) is 0.784. The summed E-state index contributed by atoms with van der Waals surface area (Å²) >= 11 is 0. The molecule has 0 aliphatic carbocycles. The first kappa shape index (κ1) is 12.1. The molecule has 0 unspecified atom stereocenters. The molecule has 0 atom stereocenters. The number of ether oxygens (including phenoxy) is 1. The SMILES string of the molecule is O=C(CN1C(=O)COc2cccnc21)Nc1ncn[nH]1. The van der Waals surface area contributed by atoms with Gasteiger partial charge in [0.15, 0.2) is 18.2 Å². The third-order valence-corrected chi connectivity index (χ3v) is 2.63. The van der Waals surface area contributed by atoms with Gasteiger partial charge in [0.2, 0.25) is 11.9 Å². The second-order valence-corrected chi connectivity index (χ2v) is 3.98. The van der Waals surface area contributed by atoms with Crippen molar-refractivity contribution in [3.63, 3.8) is 0 Å². The Morgan fingerprint density at radius 1 is 1.50 bits per heavy atom. The minimum atomic E-state index is -0.409. The van der Waals surface area contributed by atoms with Crippen molar-refractivity contribution >= 4 is 23.6 Å². The van der Waals surface area contributed by atoms with Gasteiger partial charge in [-0.25, -0.2) is 10.1 Å². The third-order valence-electron chi connectivity index (χ3n) is 2.63. The van der Waals surface area contributed by atoms with Crippen LogP contribution in [0.25, 0.3) is 0 Å². The molecular weight excluding hydrogens is 264 g/mol. The number of nitrogens with zero attached hydrogens (tertiary/aromatic N) is 4. The number of aromatic amines is 1. The predicted octanol–water partition coefficient (Wildman–Crippen LogP) is -0.436. The van der Waals surface area contributed by atoms with Crippen LogP contribution in [0.3, 0.4) is 0 Å². The number of aromatic nitrogens is 4. The first-order valence-corrected chi connectivity index (χ1v) is 5.77. The maximum Gasteiger partial charge on any atom is 0.266 e. The first-order chi connectivity index (χ1) is 9.74. The Morgan fingerprint density at radius 3 is 3.20 bits per heavy atom. The number of carbonyl (C=O) groups excluding carboxylic acids is 2. The van der Waals surface area contributed by atoms with E-state index in [1.807, 2.05) is 0 Å². The van der Waals surface area contributed by atoms with Gasteiger partial charge in [-0.05, 0) is 12.1 Å². The molecule has 0 aromatic carbocycles. The summed E-state index contributed by atoms with van der Waals surface area (Å²) in [6.07, 6.45) is 2.80. The molecule has 2 N–H and O–H groups in total. The Hall–Kier alpha value is -2.97. The smallest absolute Gasteiger partial charge is 0.266 e. The summed E-state index contributed by atoms with van der Waals surface area (Å²) in [5, 5.41) is 8.60. The molecule has 102 valence electrons. The van der Waals surface area contributed by atoms with E-state index in [0.29, 0.717) is 11.6 Å². The van der Waals surface area contributed by atoms with Gasteiger partial charge in [0.05, 0.1) is 0 Å². The van der Waals surface area contributed by atoms with Gasteiger partial charge in [-0.1, -0.05) is 0 Å². The number of anilines is 2. The lowest BCUT2D eigenvalue weighted by atomic mass is 10.3. The summed E-state index contributed by atoms with van der Waals surface area (Å²) in [6, 6.07) is 3.39. The number of carbonyl (C=O) groups is 2. The van der Waals surface area contributed by atoms with Gasteiger partial charge >= 0.3 is 0 Å². The van der Waals surface area contributed by atoms with Crippen LogP contribution in [-0.2, 0) is 9.59 Å². The van der Waals surface area contributed by atoms with Crippen LogP contribution >= 0.6 is 0 Å². The van der Waals surface area contributed by atoms with Crippen molar-refractivity contribution in [2.24, 2.45) is 0 Å². The third kappa shape index (κ3) is 2.28. The van der Waals surface area contributed by atoms with Crippen molar-refractivity contribution in [1.82, 2.24) is 20.2 Å². The minimum absolute atomic E-state index is 0.117. The van der Waals surface area contributed by atoms with Crippen LogP contribution in [0.15, 0.2) is 24.7 Å². The van der Waals surface area contributed by atoms with E-state index >= 15 is 0 Å². The van der Waals surface area contributed by atoms with Crippen molar-refractivity contribution < 1.29 is 14.3 Å². The fourth-order valence-electron chi connectivity index (χ4n) is 1.78. The largest absolute Gasteiger partial charge is 0.480 e. The minimum Gasteiger partial charge on any atom is -0.480 e. The average Bonchev–Trinajstić information content (AvgIpc) is 2.95. The van der Waals surface area contributed by atoms with Crippen LogP contribution in [0.1, 0.15) is 0 Å². The second-order valence-electron chi connectivity index (χ2n) is 3.98. The van der Waals surface area contributed by atoms with E-state index in [9.17, 15) is 9.59 Å². The highest BCUT2D eigenvalue weighted by Gasteiger charge is 2.28. The monoisotopic (exact) mass is 274 g/mol. The van der Waals surface area contributed by atoms with E-state index < -0.39 is 5.91 Å². The van der Waals surface area contributed by atoms with E-state index in [0.717, 1.165) is 0 Å². The maximum absolute atomic E-state index is 11.9. The second kappa shape index (κ2) is 4.96. The van der Waals surface area contributed by atoms with E-state index in [4.69, 9.17) is 4.74 Å². The number of amides is 2. The van der Waals surface area contributed by atoms with E-state index in [-0.39, 0.29) is 25.0 Å². The van der Waals surface area contributed by atoms with E-state index in [1.165, 1.54) is 17.4 Å². The van der Waals surface area contributed by atoms with Gasteiger partial charge in [0.25, 0.3) is 5.91 Å². The van der Waals surface area contributed by atoms with Gasteiger partial charge in [-0.2, -0.15) is 10.1 Å². The Balaban J connectivity index is 1.76. The van der Waals surface area contributed by atoms with Gasteiger partial charge in [0.1, 0.15) is 12.9 Å². The lowest BCUT2D eigenvalue weighted by Gasteiger charge is -2.27. The Bertz CT molecular complexity index is 641. The molecule has 0 saturated heterocycles. The fourth-order valence-corrected chi connectivity index (χ4v) is 1.78. The molecule has 1 aliphatic heterocycles. The Labute approximate surface area is 113 Å². The van der Waals surface area contributed by atoms with Gasteiger partial charge in [0, 0.05) is 6.20 Å². The number of rotatable bonds is 3.